The Kier molecular flexibility index (Phi) is 7.18. The molecule has 1 N–H and O–H groups in total. The average Bonchev–Trinajstić information content (AvgIpc) is 2.69. The smallest absolute Gasteiger partial charge is 0.338 e. The largest absolute Gasteiger partial charge is 0.459 e. The summed E-state index contributed by atoms with van der Waals surface area (Å²) in [5.74, 6) is -0.0989. The van der Waals surface area contributed by atoms with Gasteiger partial charge in [-0.3, -0.25) is 4.79 Å². The molecule has 2 aromatic rings. The molecule has 4 nitrogen and oxygen atoms in total. The summed E-state index contributed by atoms with van der Waals surface area (Å²) in [6.45, 7) is 0. The maximum atomic E-state index is 12.2. The molecule has 1 saturated carbocycles. The summed E-state index contributed by atoms with van der Waals surface area (Å²) in [4.78, 5) is 25.3. The Hall–Kier alpha value is -1.98. The second kappa shape index (κ2) is 9.81. The molecule has 0 aromatic heterocycles. The normalized spacial score (nSPS) is 14.6. The fourth-order valence-electron chi connectivity index (χ4n) is 2.97. The van der Waals surface area contributed by atoms with Crippen molar-refractivity contribution in [2.24, 2.45) is 0 Å². The molecular formula is C21H22ClNO3S. The minimum absolute atomic E-state index is 0.0375. The number of benzene rings is 2. The molecule has 0 aliphatic heterocycles. The summed E-state index contributed by atoms with van der Waals surface area (Å²) in [7, 11) is 0. The Labute approximate surface area is 168 Å². The second-order valence-electron chi connectivity index (χ2n) is 6.53. The van der Waals surface area contributed by atoms with Gasteiger partial charge < -0.3 is 10.1 Å². The zero-order chi connectivity index (χ0) is 19.1. The quantitative estimate of drug-likeness (QED) is 0.506. The van der Waals surface area contributed by atoms with Crippen LogP contribution in [0.3, 0.4) is 0 Å². The number of hydrogen-bond acceptors (Lipinski definition) is 4. The van der Waals surface area contributed by atoms with Crippen LogP contribution in [0.1, 0.15) is 42.5 Å². The molecule has 2 aromatic carbocycles. The summed E-state index contributed by atoms with van der Waals surface area (Å²) < 4.78 is 5.56. The fourth-order valence-corrected chi connectivity index (χ4v) is 3.79. The fraction of sp³-hybridized carbons (Fsp3) is 0.333. The van der Waals surface area contributed by atoms with Gasteiger partial charge in [-0.15, -0.1) is 11.8 Å². The zero-order valence-electron chi connectivity index (χ0n) is 14.9. The van der Waals surface area contributed by atoms with Crippen LogP contribution in [0.4, 0.5) is 5.69 Å². The molecule has 0 radical (unpaired) electrons. The summed E-state index contributed by atoms with van der Waals surface area (Å²) in [6, 6.07) is 14.2. The number of carbonyl (C=O) groups is 2. The molecule has 1 aliphatic rings. The molecule has 3 rings (SSSR count). The van der Waals surface area contributed by atoms with Gasteiger partial charge >= 0.3 is 5.97 Å². The van der Waals surface area contributed by atoms with Crippen LogP contribution < -0.4 is 5.32 Å². The number of hydrogen-bond donors (Lipinski definition) is 1. The topological polar surface area (TPSA) is 55.4 Å². The Morgan fingerprint density at radius 3 is 2.33 bits per heavy atom. The number of amides is 1. The molecule has 0 unspecified atom stereocenters. The van der Waals surface area contributed by atoms with Crippen LogP contribution in [0.5, 0.6) is 0 Å². The van der Waals surface area contributed by atoms with E-state index < -0.39 is 0 Å². The molecule has 6 heteroatoms. The third-order valence-corrected chi connectivity index (χ3v) is 5.68. The lowest BCUT2D eigenvalue weighted by Crippen LogP contribution is -2.21. The standard InChI is InChI=1S/C21H22ClNO3S/c22-16-8-12-19(13-9-16)27-14-20(24)23-17-10-6-15(7-11-17)21(25)26-18-4-2-1-3-5-18/h6-13,18H,1-5,14H2,(H,23,24). The predicted octanol–water partition coefficient (Wildman–Crippen LogP) is 5.56. The van der Waals surface area contributed by atoms with Gasteiger partial charge in [0.1, 0.15) is 6.10 Å². The van der Waals surface area contributed by atoms with Crippen molar-refractivity contribution in [1.82, 2.24) is 0 Å². The summed E-state index contributed by atoms with van der Waals surface area (Å²) >= 11 is 7.29. The number of esters is 1. The van der Waals surface area contributed by atoms with Gasteiger partial charge in [0.25, 0.3) is 0 Å². The third kappa shape index (κ3) is 6.29. The molecule has 0 bridgehead atoms. The number of halogens is 1. The third-order valence-electron chi connectivity index (χ3n) is 4.41. The molecule has 0 saturated heterocycles. The van der Waals surface area contributed by atoms with Crippen molar-refractivity contribution in [3.8, 4) is 0 Å². The first-order chi connectivity index (χ1) is 13.1. The number of nitrogens with one attached hydrogen (secondary N) is 1. The number of thioether (sulfide) groups is 1. The second-order valence-corrected chi connectivity index (χ2v) is 8.02. The van der Waals surface area contributed by atoms with Crippen molar-refractivity contribution in [3.63, 3.8) is 0 Å². The van der Waals surface area contributed by atoms with E-state index in [-0.39, 0.29) is 18.0 Å². The van der Waals surface area contributed by atoms with Gasteiger partial charge in [0.2, 0.25) is 5.91 Å². The van der Waals surface area contributed by atoms with E-state index in [1.165, 1.54) is 18.2 Å². The van der Waals surface area contributed by atoms with Gasteiger partial charge in [0.15, 0.2) is 0 Å². The summed E-state index contributed by atoms with van der Waals surface area (Å²) in [6.07, 6.45) is 5.40. The van der Waals surface area contributed by atoms with Gasteiger partial charge in [-0.05, 0) is 74.2 Å². The van der Waals surface area contributed by atoms with Crippen molar-refractivity contribution in [2.75, 3.05) is 11.1 Å². The van der Waals surface area contributed by atoms with Crippen LogP contribution in [-0.4, -0.2) is 23.7 Å². The van der Waals surface area contributed by atoms with Crippen molar-refractivity contribution in [1.29, 1.82) is 0 Å². The average molecular weight is 404 g/mol. The highest BCUT2D eigenvalue weighted by molar-refractivity contribution is 8.00. The Morgan fingerprint density at radius 1 is 1.00 bits per heavy atom. The molecule has 1 fully saturated rings. The zero-order valence-corrected chi connectivity index (χ0v) is 16.5. The molecule has 1 aliphatic carbocycles. The lowest BCUT2D eigenvalue weighted by molar-refractivity contribution is -0.113. The maximum absolute atomic E-state index is 12.2. The van der Waals surface area contributed by atoms with Crippen molar-refractivity contribution >= 4 is 40.9 Å². The Morgan fingerprint density at radius 2 is 1.67 bits per heavy atom. The molecule has 27 heavy (non-hydrogen) atoms. The minimum atomic E-state index is -0.293. The van der Waals surface area contributed by atoms with Crippen molar-refractivity contribution < 1.29 is 14.3 Å². The van der Waals surface area contributed by atoms with Crippen LogP contribution in [0.2, 0.25) is 5.02 Å². The van der Waals surface area contributed by atoms with E-state index >= 15 is 0 Å². The van der Waals surface area contributed by atoms with Gasteiger partial charge in [-0.25, -0.2) is 4.79 Å². The number of anilines is 1. The lowest BCUT2D eigenvalue weighted by atomic mass is 9.98. The Bertz CT molecular complexity index is 771. The number of rotatable bonds is 6. The lowest BCUT2D eigenvalue weighted by Gasteiger charge is -2.21. The maximum Gasteiger partial charge on any atom is 0.338 e. The van der Waals surface area contributed by atoms with Crippen molar-refractivity contribution in [2.45, 2.75) is 43.1 Å². The summed E-state index contributed by atoms with van der Waals surface area (Å²) in [5, 5.41) is 3.51. The van der Waals surface area contributed by atoms with Crippen LogP contribution in [0.25, 0.3) is 0 Å². The molecule has 0 heterocycles. The first kappa shape index (κ1) is 19.8. The van der Waals surface area contributed by atoms with E-state index in [0.717, 1.165) is 30.6 Å². The van der Waals surface area contributed by atoms with E-state index in [0.29, 0.717) is 22.0 Å². The molecule has 142 valence electrons. The van der Waals surface area contributed by atoms with Gasteiger partial charge in [0.05, 0.1) is 11.3 Å². The number of ether oxygens (including phenoxy) is 1. The van der Waals surface area contributed by atoms with Crippen LogP contribution in [-0.2, 0) is 9.53 Å². The highest BCUT2D eigenvalue weighted by atomic mass is 35.5. The van der Waals surface area contributed by atoms with E-state index in [4.69, 9.17) is 16.3 Å². The monoisotopic (exact) mass is 403 g/mol. The van der Waals surface area contributed by atoms with Gasteiger partial charge in [-0.1, -0.05) is 18.0 Å². The van der Waals surface area contributed by atoms with E-state index in [1.807, 2.05) is 12.1 Å². The van der Waals surface area contributed by atoms with E-state index in [1.54, 1.807) is 36.4 Å². The van der Waals surface area contributed by atoms with Crippen LogP contribution in [0.15, 0.2) is 53.4 Å². The SMILES string of the molecule is O=C(CSc1ccc(Cl)cc1)Nc1ccc(C(=O)OC2CCCCC2)cc1. The molecular weight excluding hydrogens is 382 g/mol. The highest BCUT2D eigenvalue weighted by Crippen LogP contribution is 2.22. The highest BCUT2D eigenvalue weighted by Gasteiger charge is 2.18. The molecule has 1 amide bonds. The van der Waals surface area contributed by atoms with Gasteiger partial charge in [-0.2, -0.15) is 0 Å². The first-order valence-corrected chi connectivity index (χ1v) is 10.5. The first-order valence-electron chi connectivity index (χ1n) is 9.09. The van der Waals surface area contributed by atoms with Crippen LogP contribution >= 0.6 is 23.4 Å². The predicted molar refractivity (Wildman–Crippen MR) is 110 cm³/mol. The van der Waals surface area contributed by atoms with Gasteiger partial charge in [0, 0.05) is 15.6 Å². The van der Waals surface area contributed by atoms with E-state index in [9.17, 15) is 9.59 Å². The van der Waals surface area contributed by atoms with E-state index in [2.05, 4.69) is 5.32 Å². The molecule has 0 spiro atoms. The van der Waals surface area contributed by atoms with Crippen molar-refractivity contribution in [3.05, 3.63) is 59.1 Å². The van der Waals surface area contributed by atoms with Crippen LogP contribution in [0, 0.1) is 0 Å². The summed E-state index contributed by atoms with van der Waals surface area (Å²) in [5.41, 5.74) is 1.17. The number of carbonyl (C=O) groups excluding carboxylic acids is 2. The Balaban J connectivity index is 1.47. The molecule has 0 atom stereocenters. The minimum Gasteiger partial charge on any atom is -0.459 e.